The third-order valence-electron chi connectivity index (χ3n) is 3.63. The van der Waals surface area contributed by atoms with Crippen molar-refractivity contribution in [2.45, 2.75) is 38.2 Å². The topological polar surface area (TPSA) is 49.8 Å². The second-order valence-electron chi connectivity index (χ2n) is 4.87. The molecule has 92 valence electrons. The zero-order valence-electron chi connectivity index (χ0n) is 9.73. The Morgan fingerprint density at radius 3 is 2.81 bits per heavy atom. The Morgan fingerprint density at radius 1 is 1.38 bits per heavy atom. The van der Waals surface area contributed by atoms with Crippen LogP contribution in [0.3, 0.4) is 0 Å². The highest BCUT2D eigenvalue weighted by Crippen LogP contribution is 2.28. The minimum absolute atomic E-state index is 0.00715. The molecule has 1 heterocycles. The van der Waals surface area contributed by atoms with Gasteiger partial charge >= 0.3 is 0 Å². The number of aliphatic hydroxyl groups excluding tert-OH is 1. The third-order valence-corrected chi connectivity index (χ3v) is 3.63. The molecule has 2 aliphatic rings. The van der Waals surface area contributed by atoms with E-state index in [0.717, 1.165) is 0 Å². The van der Waals surface area contributed by atoms with Gasteiger partial charge in [-0.25, -0.2) is 0 Å². The van der Waals surface area contributed by atoms with E-state index < -0.39 is 0 Å². The lowest BCUT2D eigenvalue weighted by Gasteiger charge is -2.32. The lowest BCUT2D eigenvalue weighted by Crippen LogP contribution is -2.47. The van der Waals surface area contributed by atoms with E-state index in [1.807, 2.05) is 4.90 Å². The summed E-state index contributed by atoms with van der Waals surface area (Å²) in [5.41, 5.74) is 0. The van der Waals surface area contributed by atoms with Crippen LogP contribution in [0.25, 0.3) is 0 Å². The maximum atomic E-state index is 12.0. The van der Waals surface area contributed by atoms with Crippen LogP contribution in [0.2, 0.25) is 0 Å². The average Bonchev–Trinajstić information content (AvgIpc) is 2.82. The van der Waals surface area contributed by atoms with Gasteiger partial charge in [0, 0.05) is 19.5 Å². The van der Waals surface area contributed by atoms with Crippen molar-refractivity contribution in [1.29, 1.82) is 0 Å². The molecule has 0 aromatic heterocycles. The zero-order valence-corrected chi connectivity index (χ0v) is 9.73. The molecule has 0 aromatic rings. The maximum absolute atomic E-state index is 12.0. The van der Waals surface area contributed by atoms with Crippen molar-refractivity contribution in [1.82, 2.24) is 4.90 Å². The fourth-order valence-corrected chi connectivity index (χ4v) is 2.65. The molecule has 4 nitrogen and oxygen atoms in total. The summed E-state index contributed by atoms with van der Waals surface area (Å²) >= 11 is 0. The van der Waals surface area contributed by atoms with E-state index >= 15 is 0 Å². The minimum atomic E-state index is -0.179. The molecule has 0 spiro atoms. The summed E-state index contributed by atoms with van der Waals surface area (Å²) < 4.78 is 5.33. The van der Waals surface area contributed by atoms with Gasteiger partial charge in [0.15, 0.2) is 0 Å². The standard InChI is InChI=1S/C12H21NO3/c14-9-11-8-13(5-6-16-11)12(15)7-10-3-1-2-4-10/h10-11,14H,1-9H2. The first-order valence-electron chi connectivity index (χ1n) is 6.30. The number of carbonyl (C=O) groups excluding carboxylic acids is 1. The lowest BCUT2D eigenvalue weighted by atomic mass is 10.0. The Kier molecular flexibility index (Phi) is 4.18. The highest BCUT2D eigenvalue weighted by Gasteiger charge is 2.26. The molecule has 1 aliphatic carbocycles. The zero-order chi connectivity index (χ0) is 11.4. The van der Waals surface area contributed by atoms with Crippen molar-refractivity contribution in [3.05, 3.63) is 0 Å². The van der Waals surface area contributed by atoms with Gasteiger partial charge in [-0.15, -0.1) is 0 Å². The summed E-state index contributed by atoms with van der Waals surface area (Å²) in [6.07, 6.45) is 5.49. The van der Waals surface area contributed by atoms with Gasteiger partial charge in [0.1, 0.15) is 0 Å². The molecule has 2 rings (SSSR count). The van der Waals surface area contributed by atoms with Crippen molar-refractivity contribution in [2.24, 2.45) is 5.92 Å². The van der Waals surface area contributed by atoms with Crippen LogP contribution in [-0.4, -0.2) is 48.3 Å². The number of carbonyl (C=O) groups is 1. The van der Waals surface area contributed by atoms with Gasteiger partial charge in [-0.1, -0.05) is 12.8 Å². The van der Waals surface area contributed by atoms with Crippen LogP contribution in [0, 0.1) is 5.92 Å². The molecule has 1 atom stereocenters. The Morgan fingerprint density at radius 2 is 2.12 bits per heavy atom. The van der Waals surface area contributed by atoms with Crippen LogP contribution < -0.4 is 0 Å². The second kappa shape index (κ2) is 5.64. The van der Waals surface area contributed by atoms with Gasteiger partial charge in [0.05, 0.1) is 19.3 Å². The number of hydrogen-bond donors (Lipinski definition) is 1. The van der Waals surface area contributed by atoms with Gasteiger partial charge in [-0.05, 0) is 18.8 Å². The van der Waals surface area contributed by atoms with Crippen LogP contribution in [-0.2, 0) is 9.53 Å². The van der Waals surface area contributed by atoms with Crippen LogP contribution in [0.15, 0.2) is 0 Å². The SMILES string of the molecule is O=C(CC1CCCC1)N1CCOC(CO)C1. The third kappa shape index (κ3) is 2.95. The predicted octanol–water partition coefficient (Wildman–Crippen LogP) is 0.786. The molecule has 1 unspecified atom stereocenters. The largest absolute Gasteiger partial charge is 0.394 e. The molecule has 1 saturated heterocycles. The van der Waals surface area contributed by atoms with E-state index in [1.165, 1.54) is 25.7 Å². The predicted molar refractivity (Wildman–Crippen MR) is 60.0 cm³/mol. The summed E-state index contributed by atoms with van der Waals surface area (Å²) in [6.45, 7) is 1.80. The van der Waals surface area contributed by atoms with E-state index in [-0.39, 0.29) is 18.6 Å². The van der Waals surface area contributed by atoms with E-state index in [9.17, 15) is 4.79 Å². The highest BCUT2D eigenvalue weighted by molar-refractivity contribution is 5.76. The van der Waals surface area contributed by atoms with Gasteiger partial charge in [0.2, 0.25) is 5.91 Å². The van der Waals surface area contributed by atoms with Gasteiger partial charge in [-0.3, -0.25) is 4.79 Å². The number of ether oxygens (including phenoxy) is 1. The monoisotopic (exact) mass is 227 g/mol. The van der Waals surface area contributed by atoms with Gasteiger partial charge in [-0.2, -0.15) is 0 Å². The average molecular weight is 227 g/mol. The van der Waals surface area contributed by atoms with Crippen LogP contribution >= 0.6 is 0 Å². The van der Waals surface area contributed by atoms with Crippen LogP contribution in [0.5, 0.6) is 0 Å². The molecular weight excluding hydrogens is 206 g/mol. The normalized spacial score (nSPS) is 27.3. The van der Waals surface area contributed by atoms with Crippen molar-refractivity contribution >= 4 is 5.91 Å². The Bertz CT molecular complexity index is 238. The maximum Gasteiger partial charge on any atom is 0.223 e. The van der Waals surface area contributed by atoms with E-state index in [0.29, 0.717) is 32.0 Å². The number of amides is 1. The summed E-state index contributed by atoms with van der Waals surface area (Å²) in [4.78, 5) is 13.9. The first-order chi connectivity index (χ1) is 7.79. The van der Waals surface area contributed by atoms with Crippen molar-refractivity contribution < 1.29 is 14.6 Å². The smallest absolute Gasteiger partial charge is 0.223 e. The second-order valence-corrected chi connectivity index (χ2v) is 4.87. The molecule has 1 N–H and O–H groups in total. The molecule has 1 saturated carbocycles. The minimum Gasteiger partial charge on any atom is -0.394 e. The fraction of sp³-hybridized carbons (Fsp3) is 0.917. The molecule has 1 amide bonds. The molecule has 0 bridgehead atoms. The molecular formula is C12H21NO3. The van der Waals surface area contributed by atoms with Crippen molar-refractivity contribution in [3.8, 4) is 0 Å². The summed E-state index contributed by atoms with van der Waals surface area (Å²) in [7, 11) is 0. The van der Waals surface area contributed by atoms with Gasteiger partial charge < -0.3 is 14.7 Å². The summed E-state index contributed by atoms with van der Waals surface area (Å²) in [5, 5.41) is 9.01. The number of hydrogen-bond acceptors (Lipinski definition) is 3. The Labute approximate surface area is 96.6 Å². The van der Waals surface area contributed by atoms with E-state index in [1.54, 1.807) is 0 Å². The number of aliphatic hydroxyl groups is 1. The summed E-state index contributed by atoms with van der Waals surface area (Å²) in [5.74, 6) is 0.844. The first kappa shape index (κ1) is 11.9. The number of morpholine rings is 1. The van der Waals surface area contributed by atoms with E-state index in [4.69, 9.17) is 9.84 Å². The van der Waals surface area contributed by atoms with E-state index in [2.05, 4.69) is 0 Å². The quantitative estimate of drug-likeness (QED) is 0.775. The van der Waals surface area contributed by atoms with Crippen molar-refractivity contribution in [2.75, 3.05) is 26.3 Å². The van der Waals surface area contributed by atoms with Gasteiger partial charge in [0.25, 0.3) is 0 Å². The van der Waals surface area contributed by atoms with Crippen LogP contribution in [0.1, 0.15) is 32.1 Å². The van der Waals surface area contributed by atoms with Crippen LogP contribution in [0.4, 0.5) is 0 Å². The number of nitrogens with zero attached hydrogens (tertiary/aromatic N) is 1. The Balaban J connectivity index is 1.79. The Hall–Kier alpha value is -0.610. The highest BCUT2D eigenvalue weighted by atomic mass is 16.5. The summed E-state index contributed by atoms with van der Waals surface area (Å²) in [6, 6.07) is 0. The fourth-order valence-electron chi connectivity index (χ4n) is 2.65. The molecule has 16 heavy (non-hydrogen) atoms. The molecule has 0 radical (unpaired) electrons. The number of rotatable bonds is 3. The lowest BCUT2D eigenvalue weighted by molar-refractivity contribution is -0.141. The molecule has 4 heteroatoms. The molecule has 2 fully saturated rings. The molecule has 0 aromatic carbocycles. The molecule has 1 aliphatic heterocycles. The van der Waals surface area contributed by atoms with Crippen molar-refractivity contribution in [3.63, 3.8) is 0 Å². The first-order valence-corrected chi connectivity index (χ1v) is 6.30.